The molecule has 0 saturated heterocycles. The number of para-hydroxylation sites is 1. The van der Waals surface area contributed by atoms with Crippen molar-refractivity contribution in [3.63, 3.8) is 0 Å². The van der Waals surface area contributed by atoms with E-state index in [0.29, 0.717) is 28.0 Å². The third kappa shape index (κ3) is 4.30. The standard InChI is InChI=1S/C18H14ClFN4O/c1-11-21-16(18(25)23-13-6-4-5-12(20)9-13)10-17(22-11)24-15-8-3-2-7-14(15)19/h2-10H,1H3,(H,23,25)(H,21,22,24). The largest absolute Gasteiger partial charge is 0.339 e. The molecule has 2 N–H and O–H groups in total. The molecule has 1 heterocycles. The summed E-state index contributed by atoms with van der Waals surface area (Å²) >= 11 is 6.12. The number of hydrogen-bond acceptors (Lipinski definition) is 4. The predicted octanol–water partition coefficient (Wildman–Crippen LogP) is 4.57. The molecular weight excluding hydrogens is 343 g/mol. The molecule has 25 heavy (non-hydrogen) atoms. The van der Waals surface area contributed by atoms with Gasteiger partial charge in [-0.25, -0.2) is 14.4 Å². The number of carbonyl (C=O) groups excluding carboxylic acids is 1. The summed E-state index contributed by atoms with van der Waals surface area (Å²) in [4.78, 5) is 20.8. The van der Waals surface area contributed by atoms with E-state index in [1.54, 1.807) is 25.1 Å². The van der Waals surface area contributed by atoms with E-state index in [1.807, 2.05) is 12.1 Å². The van der Waals surface area contributed by atoms with Crippen LogP contribution >= 0.6 is 11.6 Å². The van der Waals surface area contributed by atoms with E-state index in [1.165, 1.54) is 24.3 Å². The van der Waals surface area contributed by atoms with Crippen LogP contribution in [0.1, 0.15) is 16.3 Å². The molecule has 3 aromatic rings. The number of amides is 1. The maximum atomic E-state index is 13.2. The Morgan fingerprint density at radius 3 is 2.64 bits per heavy atom. The van der Waals surface area contributed by atoms with Crippen molar-refractivity contribution in [1.29, 1.82) is 0 Å². The van der Waals surface area contributed by atoms with Gasteiger partial charge < -0.3 is 10.6 Å². The highest BCUT2D eigenvalue weighted by atomic mass is 35.5. The van der Waals surface area contributed by atoms with Gasteiger partial charge in [-0.2, -0.15) is 0 Å². The normalized spacial score (nSPS) is 10.4. The average Bonchev–Trinajstić information content (AvgIpc) is 2.56. The number of rotatable bonds is 4. The topological polar surface area (TPSA) is 66.9 Å². The number of hydrogen-bond donors (Lipinski definition) is 2. The van der Waals surface area contributed by atoms with Gasteiger partial charge in [0.05, 0.1) is 10.7 Å². The molecule has 0 fully saturated rings. The number of carbonyl (C=O) groups is 1. The van der Waals surface area contributed by atoms with E-state index >= 15 is 0 Å². The first-order chi connectivity index (χ1) is 12.0. The zero-order valence-corrected chi connectivity index (χ0v) is 14.0. The SMILES string of the molecule is Cc1nc(Nc2ccccc2Cl)cc(C(=O)Nc2cccc(F)c2)n1. The van der Waals surface area contributed by atoms with Gasteiger partial charge in [0.1, 0.15) is 23.2 Å². The lowest BCUT2D eigenvalue weighted by atomic mass is 10.2. The molecule has 0 aliphatic rings. The fraction of sp³-hybridized carbons (Fsp3) is 0.0556. The lowest BCUT2D eigenvalue weighted by Crippen LogP contribution is -2.15. The fourth-order valence-corrected chi connectivity index (χ4v) is 2.39. The van der Waals surface area contributed by atoms with Gasteiger partial charge in [0.15, 0.2) is 0 Å². The van der Waals surface area contributed by atoms with Crippen LogP contribution in [0.3, 0.4) is 0 Å². The molecule has 2 aromatic carbocycles. The first-order valence-corrected chi connectivity index (χ1v) is 7.83. The zero-order chi connectivity index (χ0) is 17.8. The third-order valence-electron chi connectivity index (χ3n) is 3.29. The Morgan fingerprint density at radius 2 is 1.88 bits per heavy atom. The van der Waals surface area contributed by atoms with Gasteiger partial charge in [0, 0.05) is 11.8 Å². The number of halogens is 2. The van der Waals surface area contributed by atoms with Crippen molar-refractivity contribution in [2.45, 2.75) is 6.92 Å². The first kappa shape index (κ1) is 16.9. The molecule has 0 aliphatic carbocycles. The van der Waals surface area contributed by atoms with Crippen LogP contribution in [0, 0.1) is 12.7 Å². The second-order valence-corrected chi connectivity index (χ2v) is 5.66. The quantitative estimate of drug-likeness (QED) is 0.718. The molecule has 0 atom stereocenters. The summed E-state index contributed by atoms with van der Waals surface area (Å²) < 4.78 is 13.2. The maximum absolute atomic E-state index is 13.2. The van der Waals surface area contributed by atoms with Gasteiger partial charge in [-0.05, 0) is 37.3 Å². The smallest absolute Gasteiger partial charge is 0.274 e. The molecule has 7 heteroatoms. The Bertz CT molecular complexity index is 932. The van der Waals surface area contributed by atoms with Crippen LogP contribution in [0.5, 0.6) is 0 Å². The van der Waals surface area contributed by atoms with Gasteiger partial charge in [-0.1, -0.05) is 29.8 Å². The van der Waals surface area contributed by atoms with Crippen molar-refractivity contribution in [3.05, 3.63) is 77.0 Å². The monoisotopic (exact) mass is 356 g/mol. The van der Waals surface area contributed by atoms with Gasteiger partial charge in [-0.3, -0.25) is 4.79 Å². The molecular formula is C18H14ClFN4O. The third-order valence-corrected chi connectivity index (χ3v) is 3.62. The summed E-state index contributed by atoms with van der Waals surface area (Å²) in [7, 11) is 0. The summed E-state index contributed by atoms with van der Waals surface area (Å²) in [5, 5.41) is 6.20. The molecule has 1 aromatic heterocycles. The Hall–Kier alpha value is -2.99. The summed E-state index contributed by atoms with van der Waals surface area (Å²) in [6, 6.07) is 14.3. The van der Waals surface area contributed by atoms with Crippen molar-refractivity contribution in [2.24, 2.45) is 0 Å². The van der Waals surface area contributed by atoms with Crippen LogP contribution < -0.4 is 10.6 Å². The van der Waals surface area contributed by atoms with Crippen LogP contribution in [-0.2, 0) is 0 Å². The van der Waals surface area contributed by atoms with Crippen LogP contribution in [0.4, 0.5) is 21.6 Å². The number of aromatic nitrogens is 2. The summed E-state index contributed by atoms with van der Waals surface area (Å²) in [5.41, 5.74) is 1.17. The number of nitrogens with one attached hydrogen (secondary N) is 2. The summed E-state index contributed by atoms with van der Waals surface area (Å²) in [5.74, 6) is -0.0394. The van der Waals surface area contributed by atoms with Crippen molar-refractivity contribution in [1.82, 2.24) is 9.97 Å². The minimum absolute atomic E-state index is 0.159. The van der Waals surface area contributed by atoms with Gasteiger partial charge >= 0.3 is 0 Å². The van der Waals surface area contributed by atoms with Crippen molar-refractivity contribution >= 4 is 34.7 Å². The average molecular weight is 357 g/mol. The number of nitrogens with zero attached hydrogens (tertiary/aromatic N) is 2. The number of benzene rings is 2. The van der Waals surface area contributed by atoms with E-state index in [2.05, 4.69) is 20.6 Å². The first-order valence-electron chi connectivity index (χ1n) is 7.45. The zero-order valence-electron chi connectivity index (χ0n) is 13.3. The minimum Gasteiger partial charge on any atom is -0.339 e. The molecule has 0 radical (unpaired) electrons. The van der Waals surface area contributed by atoms with Crippen LogP contribution in [-0.4, -0.2) is 15.9 Å². The summed E-state index contributed by atoms with van der Waals surface area (Å²) in [6.07, 6.45) is 0. The Morgan fingerprint density at radius 1 is 1.08 bits per heavy atom. The molecule has 126 valence electrons. The number of aryl methyl sites for hydroxylation is 1. The highest BCUT2D eigenvalue weighted by Gasteiger charge is 2.12. The molecule has 1 amide bonds. The molecule has 0 bridgehead atoms. The van der Waals surface area contributed by atoms with Crippen LogP contribution in [0.2, 0.25) is 5.02 Å². The van der Waals surface area contributed by atoms with E-state index < -0.39 is 11.7 Å². The fourth-order valence-electron chi connectivity index (χ4n) is 2.21. The van der Waals surface area contributed by atoms with Gasteiger partial charge in [0.25, 0.3) is 5.91 Å². The van der Waals surface area contributed by atoms with Crippen molar-refractivity contribution in [3.8, 4) is 0 Å². The van der Waals surface area contributed by atoms with Gasteiger partial charge in [0.2, 0.25) is 0 Å². The van der Waals surface area contributed by atoms with Crippen LogP contribution in [0.25, 0.3) is 0 Å². The minimum atomic E-state index is -0.460. The molecule has 0 spiro atoms. The van der Waals surface area contributed by atoms with E-state index in [4.69, 9.17) is 11.6 Å². The Kier molecular flexibility index (Phi) is 4.90. The van der Waals surface area contributed by atoms with Crippen molar-refractivity contribution < 1.29 is 9.18 Å². The van der Waals surface area contributed by atoms with Crippen molar-refractivity contribution in [2.75, 3.05) is 10.6 Å². The second-order valence-electron chi connectivity index (χ2n) is 5.25. The highest BCUT2D eigenvalue weighted by Crippen LogP contribution is 2.24. The molecule has 5 nitrogen and oxygen atoms in total. The lowest BCUT2D eigenvalue weighted by molar-refractivity contribution is 0.102. The van der Waals surface area contributed by atoms with Gasteiger partial charge in [-0.15, -0.1) is 0 Å². The highest BCUT2D eigenvalue weighted by molar-refractivity contribution is 6.33. The lowest BCUT2D eigenvalue weighted by Gasteiger charge is -2.10. The number of anilines is 3. The van der Waals surface area contributed by atoms with E-state index in [9.17, 15) is 9.18 Å². The molecule has 0 aliphatic heterocycles. The molecule has 3 rings (SSSR count). The van der Waals surface area contributed by atoms with E-state index in [0.717, 1.165) is 0 Å². The predicted molar refractivity (Wildman–Crippen MR) is 95.9 cm³/mol. The maximum Gasteiger partial charge on any atom is 0.274 e. The summed E-state index contributed by atoms with van der Waals surface area (Å²) in [6.45, 7) is 1.68. The van der Waals surface area contributed by atoms with E-state index in [-0.39, 0.29) is 5.69 Å². The molecule has 0 unspecified atom stereocenters. The van der Waals surface area contributed by atoms with Crippen LogP contribution in [0.15, 0.2) is 54.6 Å². The Labute approximate surface area is 148 Å². The second kappa shape index (κ2) is 7.27. The molecule has 0 saturated carbocycles. The Balaban J connectivity index is 1.83.